The summed E-state index contributed by atoms with van der Waals surface area (Å²) >= 11 is 0. The van der Waals surface area contributed by atoms with Gasteiger partial charge in [-0.1, -0.05) is 6.08 Å². The monoisotopic (exact) mass is 314 g/mol. The predicted octanol–water partition coefficient (Wildman–Crippen LogP) is 1.23. The summed E-state index contributed by atoms with van der Waals surface area (Å²) in [4.78, 5) is 36.1. The fourth-order valence-electron chi connectivity index (χ4n) is 2.77. The van der Waals surface area contributed by atoms with Crippen LogP contribution in [0.25, 0.3) is 0 Å². The zero-order valence-electron chi connectivity index (χ0n) is 12.1. The van der Waals surface area contributed by atoms with Crippen LogP contribution >= 0.6 is 0 Å². The molecule has 118 valence electrons. The van der Waals surface area contributed by atoms with E-state index in [1.165, 1.54) is 12.1 Å². The summed E-state index contributed by atoms with van der Waals surface area (Å²) in [6, 6.07) is 4.77. The second-order valence-electron chi connectivity index (χ2n) is 5.25. The molecule has 0 aromatic heterocycles. The standard InChI is InChI=1S/C15H14N4O4/c1-2-7-18-8-11-12(14(18)20)13(17-15(21)16-11)9-3-5-10(6-4-9)19(22)23/h2-6,13H,1,7-8H2,(H2,16,17,21)/t13-/m1/s1. The van der Waals surface area contributed by atoms with Crippen molar-refractivity contribution in [2.45, 2.75) is 6.04 Å². The van der Waals surface area contributed by atoms with E-state index >= 15 is 0 Å². The fourth-order valence-corrected chi connectivity index (χ4v) is 2.77. The van der Waals surface area contributed by atoms with Gasteiger partial charge in [-0.2, -0.15) is 0 Å². The van der Waals surface area contributed by atoms with Crippen LogP contribution < -0.4 is 10.6 Å². The molecule has 0 saturated carbocycles. The van der Waals surface area contributed by atoms with E-state index in [4.69, 9.17) is 0 Å². The molecule has 0 radical (unpaired) electrons. The van der Waals surface area contributed by atoms with Gasteiger partial charge in [0, 0.05) is 18.7 Å². The number of benzene rings is 1. The quantitative estimate of drug-likeness (QED) is 0.495. The maximum Gasteiger partial charge on any atom is 0.319 e. The van der Waals surface area contributed by atoms with Gasteiger partial charge in [-0.05, 0) is 17.7 Å². The van der Waals surface area contributed by atoms with Gasteiger partial charge in [-0.15, -0.1) is 6.58 Å². The summed E-state index contributed by atoms with van der Waals surface area (Å²) in [6.45, 7) is 4.32. The van der Waals surface area contributed by atoms with Crippen molar-refractivity contribution in [3.8, 4) is 0 Å². The Hall–Kier alpha value is -3.16. The van der Waals surface area contributed by atoms with Crippen LogP contribution in [-0.2, 0) is 4.79 Å². The van der Waals surface area contributed by atoms with Crippen LogP contribution in [0.4, 0.5) is 10.5 Å². The topological polar surface area (TPSA) is 105 Å². The summed E-state index contributed by atoms with van der Waals surface area (Å²) in [6.07, 6.45) is 1.62. The minimum absolute atomic E-state index is 0.0470. The number of urea groups is 1. The van der Waals surface area contributed by atoms with Crippen LogP contribution in [0.2, 0.25) is 0 Å². The van der Waals surface area contributed by atoms with Gasteiger partial charge in [0.25, 0.3) is 11.6 Å². The van der Waals surface area contributed by atoms with E-state index in [0.717, 1.165) is 0 Å². The largest absolute Gasteiger partial charge is 0.329 e. The Bertz CT molecular complexity index is 738. The number of nitrogens with one attached hydrogen (secondary N) is 2. The third-order valence-electron chi connectivity index (χ3n) is 3.81. The lowest BCUT2D eigenvalue weighted by atomic mass is 9.96. The maximum atomic E-state index is 12.5. The molecule has 8 heteroatoms. The minimum Gasteiger partial charge on any atom is -0.329 e. The van der Waals surface area contributed by atoms with Gasteiger partial charge in [-0.3, -0.25) is 14.9 Å². The lowest BCUT2D eigenvalue weighted by Gasteiger charge is -2.25. The van der Waals surface area contributed by atoms with Crippen LogP contribution in [0.1, 0.15) is 11.6 Å². The molecule has 1 aromatic rings. The minimum atomic E-state index is -0.623. The first-order valence-electron chi connectivity index (χ1n) is 6.96. The van der Waals surface area contributed by atoms with Crippen LogP contribution in [0.5, 0.6) is 0 Å². The van der Waals surface area contributed by atoms with Gasteiger partial charge in [0.1, 0.15) is 0 Å². The van der Waals surface area contributed by atoms with Crippen molar-refractivity contribution in [2.24, 2.45) is 0 Å². The van der Waals surface area contributed by atoms with Crippen LogP contribution in [0, 0.1) is 10.1 Å². The molecule has 1 aromatic carbocycles. The van der Waals surface area contributed by atoms with Crippen molar-refractivity contribution < 1.29 is 14.5 Å². The average molecular weight is 314 g/mol. The molecule has 0 unspecified atom stereocenters. The molecule has 3 amide bonds. The van der Waals surface area contributed by atoms with Crippen LogP contribution in [0.3, 0.4) is 0 Å². The van der Waals surface area contributed by atoms with Crippen molar-refractivity contribution in [1.29, 1.82) is 0 Å². The highest BCUT2D eigenvalue weighted by Crippen LogP contribution is 2.32. The van der Waals surface area contributed by atoms with E-state index in [-0.39, 0.29) is 11.6 Å². The molecular weight excluding hydrogens is 300 g/mol. The van der Waals surface area contributed by atoms with Crippen molar-refractivity contribution >= 4 is 17.6 Å². The van der Waals surface area contributed by atoms with Gasteiger partial charge >= 0.3 is 6.03 Å². The first-order chi connectivity index (χ1) is 11.0. The van der Waals surface area contributed by atoms with Gasteiger partial charge < -0.3 is 15.5 Å². The Morgan fingerprint density at radius 3 is 2.65 bits per heavy atom. The third kappa shape index (κ3) is 2.54. The number of carbonyl (C=O) groups is 2. The normalized spacial score (nSPS) is 20.0. The van der Waals surface area contributed by atoms with Gasteiger partial charge in [-0.25, -0.2) is 4.79 Å². The number of rotatable bonds is 4. The molecule has 2 aliphatic rings. The van der Waals surface area contributed by atoms with E-state index in [1.807, 2.05) is 0 Å². The molecule has 23 heavy (non-hydrogen) atoms. The first kappa shape index (κ1) is 14.8. The Morgan fingerprint density at radius 2 is 2.04 bits per heavy atom. The van der Waals surface area contributed by atoms with Crippen molar-refractivity contribution in [3.05, 3.63) is 63.9 Å². The maximum absolute atomic E-state index is 12.5. The third-order valence-corrected chi connectivity index (χ3v) is 3.81. The number of non-ortho nitro benzene ring substituents is 1. The Labute approximate surface area is 131 Å². The summed E-state index contributed by atoms with van der Waals surface area (Å²) in [5.41, 5.74) is 1.59. The number of hydrogen-bond donors (Lipinski definition) is 2. The summed E-state index contributed by atoms with van der Waals surface area (Å²) in [5, 5.41) is 16.1. The lowest BCUT2D eigenvalue weighted by molar-refractivity contribution is -0.384. The van der Waals surface area contributed by atoms with E-state index in [9.17, 15) is 19.7 Å². The highest BCUT2D eigenvalue weighted by Gasteiger charge is 2.39. The highest BCUT2D eigenvalue weighted by molar-refractivity contribution is 6.01. The molecule has 1 atom stereocenters. The number of carbonyl (C=O) groups excluding carboxylic acids is 2. The van der Waals surface area contributed by atoms with Crippen molar-refractivity contribution in [3.63, 3.8) is 0 Å². The summed E-state index contributed by atoms with van der Waals surface area (Å²) in [7, 11) is 0. The molecule has 0 bridgehead atoms. The van der Waals surface area contributed by atoms with E-state index < -0.39 is 17.0 Å². The molecule has 0 fully saturated rings. The molecule has 0 aliphatic carbocycles. The van der Waals surface area contributed by atoms with E-state index in [0.29, 0.717) is 29.9 Å². The zero-order valence-corrected chi connectivity index (χ0v) is 12.1. The fraction of sp³-hybridized carbons (Fsp3) is 0.200. The SMILES string of the molecule is C=CCN1CC2=C(C1=O)[C@@H](c1ccc([N+](=O)[O-])cc1)NC(=O)N2. The molecule has 0 spiro atoms. The van der Waals surface area contributed by atoms with Crippen molar-refractivity contribution in [2.75, 3.05) is 13.1 Å². The summed E-state index contributed by atoms with van der Waals surface area (Å²) < 4.78 is 0. The molecule has 0 saturated heterocycles. The second kappa shape index (κ2) is 5.56. The lowest BCUT2D eigenvalue weighted by Crippen LogP contribution is -2.44. The van der Waals surface area contributed by atoms with Crippen molar-refractivity contribution in [1.82, 2.24) is 15.5 Å². The number of hydrogen-bond acceptors (Lipinski definition) is 4. The van der Waals surface area contributed by atoms with E-state index in [2.05, 4.69) is 17.2 Å². The summed E-state index contributed by atoms with van der Waals surface area (Å²) in [5.74, 6) is -0.184. The van der Waals surface area contributed by atoms with Crippen LogP contribution in [0.15, 0.2) is 48.2 Å². The molecule has 2 aliphatic heterocycles. The van der Waals surface area contributed by atoms with Gasteiger partial charge in [0.2, 0.25) is 0 Å². The Kier molecular flexibility index (Phi) is 3.57. The number of nitro benzene ring substituents is 1. The number of amides is 3. The van der Waals surface area contributed by atoms with Gasteiger partial charge in [0.15, 0.2) is 0 Å². The first-order valence-corrected chi connectivity index (χ1v) is 6.96. The zero-order chi connectivity index (χ0) is 16.6. The Morgan fingerprint density at radius 1 is 1.35 bits per heavy atom. The molecular formula is C15H14N4O4. The second-order valence-corrected chi connectivity index (χ2v) is 5.25. The Balaban J connectivity index is 1.96. The number of nitrogens with zero attached hydrogens (tertiary/aromatic N) is 2. The van der Waals surface area contributed by atoms with E-state index in [1.54, 1.807) is 23.1 Å². The predicted molar refractivity (Wildman–Crippen MR) is 81.3 cm³/mol. The average Bonchev–Trinajstić information content (AvgIpc) is 2.83. The molecule has 2 N–H and O–H groups in total. The molecule has 2 heterocycles. The number of nitro groups is 1. The smallest absolute Gasteiger partial charge is 0.319 e. The van der Waals surface area contributed by atoms with Gasteiger partial charge in [0.05, 0.1) is 28.8 Å². The molecule has 8 nitrogen and oxygen atoms in total. The highest BCUT2D eigenvalue weighted by atomic mass is 16.6. The van der Waals surface area contributed by atoms with Crippen LogP contribution in [-0.4, -0.2) is 34.9 Å². The molecule has 3 rings (SSSR count).